The molecule has 4 heteroatoms. The zero-order valence-electron chi connectivity index (χ0n) is 25.3. The predicted molar refractivity (Wildman–Crippen MR) is 199 cm³/mol. The number of hydrogen-bond acceptors (Lipinski definition) is 2. The zero-order chi connectivity index (χ0) is 30.9. The molecular formula is C43H27N3S. The second-order valence-corrected chi connectivity index (χ2v) is 13.1. The van der Waals surface area contributed by atoms with Gasteiger partial charge in [0.05, 0.1) is 26.8 Å². The minimum Gasteiger partial charge on any atom is -0.308 e. The van der Waals surface area contributed by atoms with Crippen molar-refractivity contribution in [2.24, 2.45) is 0 Å². The molecule has 0 saturated heterocycles. The van der Waals surface area contributed by atoms with E-state index in [-0.39, 0.29) is 0 Å². The second-order valence-electron chi connectivity index (χ2n) is 12.0. The lowest BCUT2D eigenvalue weighted by Crippen LogP contribution is -1.98. The number of thiophene rings is 1. The molecule has 0 amide bonds. The highest BCUT2D eigenvalue weighted by molar-refractivity contribution is 7.26. The quantitative estimate of drug-likeness (QED) is 0.193. The van der Waals surface area contributed by atoms with Gasteiger partial charge < -0.3 is 4.57 Å². The standard InChI is InChI=1S/C43H27N3S/c1-3-11-28(12-4-1)30-21-26-40-36(27-30)35-25-24-34-33-15-7-9-17-38(33)45(41(34)42(35)47-40)32-22-19-29(20-23-32)43-44-37-16-8-10-18-39(37)46(43)31-13-5-2-6-14-31/h1-27H. The smallest absolute Gasteiger partial charge is 0.145 e. The Hall–Kier alpha value is -5.97. The monoisotopic (exact) mass is 617 g/mol. The molecule has 220 valence electrons. The number of benzene rings is 7. The maximum absolute atomic E-state index is 5.10. The van der Waals surface area contributed by atoms with Crippen molar-refractivity contribution in [3.63, 3.8) is 0 Å². The molecule has 47 heavy (non-hydrogen) atoms. The Bertz CT molecular complexity index is 2770. The van der Waals surface area contributed by atoms with Gasteiger partial charge in [0.2, 0.25) is 0 Å². The molecule has 10 aromatic rings. The normalized spacial score (nSPS) is 11.8. The van der Waals surface area contributed by atoms with Gasteiger partial charge in [-0.25, -0.2) is 4.98 Å². The van der Waals surface area contributed by atoms with E-state index in [0.29, 0.717) is 0 Å². The average molecular weight is 618 g/mol. The average Bonchev–Trinajstić information content (AvgIpc) is 3.82. The molecule has 10 rings (SSSR count). The molecule has 0 bridgehead atoms. The summed E-state index contributed by atoms with van der Waals surface area (Å²) in [6.07, 6.45) is 0. The van der Waals surface area contributed by atoms with Crippen LogP contribution in [0.25, 0.3) is 86.9 Å². The van der Waals surface area contributed by atoms with E-state index in [1.807, 2.05) is 11.3 Å². The summed E-state index contributed by atoms with van der Waals surface area (Å²) in [6.45, 7) is 0. The van der Waals surface area contributed by atoms with E-state index in [4.69, 9.17) is 4.98 Å². The Balaban J connectivity index is 1.18. The SMILES string of the molecule is c1ccc(-c2ccc3sc4c(ccc5c6ccccc6n(-c6ccc(-c7nc8ccccc8n7-c7ccccc7)cc6)c54)c3c2)cc1. The lowest BCUT2D eigenvalue weighted by molar-refractivity contribution is 1.10. The van der Waals surface area contributed by atoms with E-state index in [2.05, 4.69) is 173 Å². The first-order valence-electron chi connectivity index (χ1n) is 15.9. The molecular weight excluding hydrogens is 591 g/mol. The van der Waals surface area contributed by atoms with Crippen LogP contribution in [0.2, 0.25) is 0 Å². The van der Waals surface area contributed by atoms with Gasteiger partial charge in [0, 0.05) is 43.2 Å². The Morgan fingerprint density at radius 1 is 0.426 bits per heavy atom. The molecule has 3 aromatic heterocycles. The van der Waals surface area contributed by atoms with Gasteiger partial charge in [0.15, 0.2) is 0 Å². The van der Waals surface area contributed by atoms with Crippen LogP contribution in [0.1, 0.15) is 0 Å². The summed E-state index contributed by atoms with van der Waals surface area (Å²) in [7, 11) is 0. The van der Waals surface area contributed by atoms with Crippen LogP contribution in [0.5, 0.6) is 0 Å². The van der Waals surface area contributed by atoms with Crippen molar-refractivity contribution in [1.29, 1.82) is 0 Å². The van der Waals surface area contributed by atoms with E-state index in [9.17, 15) is 0 Å². The second kappa shape index (κ2) is 10.3. The third-order valence-corrected chi connectivity index (χ3v) is 10.5. The molecule has 0 aliphatic rings. The summed E-state index contributed by atoms with van der Waals surface area (Å²) in [6, 6.07) is 58.7. The highest BCUT2D eigenvalue weighted by Crippen LogP contribution is 2.44. The maximum atomic E-state index is 5.10. The lowest BCUT2D eigenvalue weighted by atomic mass is 10.0. The molecule has 0 radical (unpaired) electrons. The van der Waals surface area contributed by atoms with E-state index < -0.39 is 0 Å². The van der Waals surface area contributed by atoms with Crippen molar-refractivity contribution in [1.82, 2.24) is 14.1 Å². The Kier molecular flexibility index (Phi) is 5.74. The molecule has 0 aliphatic heterocycles. The molecule has 0 atom stereocenters. The van der Waals surface area contributed by atoms with Gasteiger partial charge in [-0.15, -0.1) is 11.3 Å². The minimum absolute atomic E-state index is 0.937. The van der Waals surface area contributed by atoms with Gasteiger partial charge >= 0.3 is 0 Å². The van der Waals surface area contributed by atoms with Crippen molar-refractivity contribution in [2.45, 2.75) is 0 Å². The number of nitrogens with zero attached hydrogens (tertiary/aromatic N) is 3. The van der Waals surface area contributed by atoms with E-state index >= 15 is 0 Å². The summed E-state index contributed by atoms with van der Waals surface area (Å²) in [5, 5.41) is 5.15. The first-order chi connectivity index (χ1) is 23.3. The van der Waals surface area contributed by atoms with Gasteiger partial charge in [0.25, 0.3) is 0 Å². The van der Waals surface area contributed by atoms with Crippen molar-refractivity contribution >= 4 is 64.3 Å². The Morgan fingerprint density at radius 2 is 1.09 bits per heavy atom. The van der Waals surface area contributed by atoms with Gasteiger partial charge in [0.1, 0.15) is 5.82 Å². The molecule has 0 fully saturated rings. The number of fused-ring (bicyclic) bond motifs is 8. The molecule has 3 heterocycles. The third-order valence-electron chi connectivity index (χ3n) is 9.34. The fourth-order valence-electron chi connectivity index (χ4n) is 7.18. The third kappa shape index (κ3) is 4.02. The molecule has 0 spiro atoms. The van der Waals surface area contributed by atoms with E-state index in [0.717, 1.165) is 33.8 Å². The fourth-order valence-corrected chi connectivity index (χ4v) is 8.40. The van der Waals surface area contributed by atoms with Crippen molar-refractivity contribution < 1.29 is 0 Å². The zero-order valence-corrected chi connectivity index (χ0v) is 26.2. The molecule has 0 N–H and O–H groups in total. The number of hydrogen-bond donors (Lipinski definition) is 0. The van der Waals surface area contributed by atoms with E-state index in [1.165, 1.54) is 53.1 Å². The number of para-hydroxylation sites is 4. The lowest BCUT2D eigenvalue weighted by Gasteiger charge is -2.12. The van der Waals surface area contributed by atoms with Crippen LogP contribution in [-0.4, -0.2) is 14.1 Å². The highest BCUT2D eigenvalue weighted by atomic mass is 32.1. The van der Waals surface area contributed by atoms with E-state index in [1.54, 1.807) is 0 Å². The minimum atomic E-state index is 0.937. The summed E-state index contributed by atoms with van der Waals surface area (Å²) >= 11 is 1.89. The van der Waals surface area contributed by atoms with Crippen LogP contribution in [0.4, 0.5) is 0 Å². The Labute approximate surface area is 275 Å². The topological polar surface area (TPSA) is 22.8 Å². The van der Waals surface area contributed by atoms with Crippen LogP contribution in [0, 0.1) is 0 Å². The van der Waals surface area contributed by atoms with Crippen molar-refractivity contribution in [3.8, 4) is 33.9 Å². The summed E-state index contributed by atoms with van der Waals surface area (Å²) in [4.78, 5) is 5.10. The predicted octanol–water partition coefficient (Wildman–Crippen LogP) is 11.8. The summed E-state index contributed by atoms with van der Waals surface area (Å²) in [5.74, 6) is 0.937. The summed E-state index contributed by atoms with van der Waals surface area (Å²) < 4.78 is 7.33. The molecule has 0 saturated carbocycles. The van der Waals surface area contributed by atoms with Crippen LogP contribution < -0.4 is 0 Å². The Morgan fingerprint density at radius 3 is 1.91 bits per heavy atom. The molecule has 0 unspecified atom stereocenters. The molecule has 7 aromatic carbocycles. The largest absolute Gasteiger partial charge is 0.308 e. The van der Waals surface area contributed by atoms with Crippen molar-refractivity contribution in [3.05, 3.63) is 164 Å². The molecule has 3 nitrogen and oxygen atoms in total. The molecule has 0 aliphatic carbocycles. The van der Waals surface area contributed by atoms with Crippen LogP contribution >= 0.6 is 11.3 Å². The van der Waals surface area contributed by atoms with Gasteiger partial charge in [-0.2, -0.15) is 0 Å². The first kappa shape index (κ1) is 26.3. The first-order valence-corrected chi connectivity index (χ1v) is 16.7. The number of rotatable bonds is 4. The number of aromatic nitrogens is 3. The summed E-state index contributed by atoms with van der Waals surface area (Å²) in [5.41, 5.74) is 10.4. The van der Waals surface area contributed by atoms with Crippen LogP contribution in [0.3, 0.4) is 0 Å². The van der Waals surface area contributed by atoms with Crippen LogP contribution in [0.15, 0.2) is 164 Å². The fraction of sp³-hybridized carbons (Fsp3) is 0. The van der Waals surface area contributed by atoms with Gasteiger partial charge in [-0.3, -0.25) is 4.57 Å². The number of imidazole rings is 1. The van der Waals surface area contributed by atoms with Gasteiger partial charge in [-0.1, -0.05) is 97.1 Å². The maximum Gasteiger partial charge on any atom is 0.145 e. The highest BCUT2D eigenvalue weighted by Gasteiger charge is 2.19. The van der Waals surface area contributed by atoms with Crippen LogP contribution in [-0.2, 0) is 0 Å². The van der Waals surface area contributed by atoms with Crippen molar-refractivity contribution in [2.75, 3.05) is 0 Å². The van der Waals surface area contributed by atoms with Gasteiger partial charge in [-0.05, 0) is 77.9 Å².